The summed E-state index contributed by atoms with van der Waals surface area (Å²) in [4.78, 5) is 0. The molecule has 1 aliphatic rings. The molecule has 0 bridgehead atoms. The van der Waals surface area contributed by atoms with Crippen LogP contribution in [0.25, 0.3) is 0 Å². The van der Waals surface area contributed by atoms with Gasteiger partial charge < -0.3 is 9.47 Å². The van der Waals surface area contributed by atoms with Gasteiger partial charge in [0.25, 0.3) is 0 Å². The standard InChI is InChI=1S/C15H14N2O2/c1-11-3-2-4-13(7-11)17-16-9-12-5-6-14-15(8-12)19-10-18-14/h2-8H,9-10H2,1H3. The molecule has 19 heavy (non-hydrogen) atoms. The van der Waals surface area contributed by atoms with E-state index in [4.69, 9.17) is 9.47 Å². The first-order valence-corrected chi connectivity index (χ1v) is 6.14. The molecule has 0 aliphatic carbocycles. The zero-order valence-electron chi connectivity index (χ0n) is 10.7. The summed E-state index contributed by atoms with van der Waals surface area (Å²) >= 11 is 0. The lowest BCUT2D eigenvalue weighted by Crippen LogP contribution is -1.92. The van der Waals surface area contributed by atoms with Crippen LogP contribution >= 0.6 is 0 Å². The van der Waals surface area contributed by atoms with E-state index in [1.165, 1.54) is 5.56 Å². The zero-order chi connectivity index (χ0) is 13.1. The molecule has 96 valence electrons. The molecule has 0 radical (unpaired) electrons. The van der Waals surface area contributed by atoms with Crippen molar-refractivity contribution in [1.29, 1.82) is 0 Å². The van der Waals surface area contributed by atoms with Crippen LogP contribution in [0.1, 0.15) is 11.1 Å². The fraction of sp³-hybridized carbons (Fsp3) is 0.200. The molecule has 0 saturated carbocycles. The van der Waals surface area contributed by atoms with Crippen molar-refractivity contribution in [2.45, 2.75) is 13.5 Å². The van der Waals surface area contributed by atoms with E-state index in [1.54, 1.807) is 0 Å². The van der Waals surface area contributed by atoms with Gasteiger partial charge in [-0.1, -0.05) is 18.2 Å². The quantitative estimate of drug-likeness (QED) is 0.777. The summed E-state index contributed by atoms with van der Waals surface area (Å²) in [6.45, 7) is 2.87. The molecule has 2 aromatic rings. The summed E-state index contributed by atoms with van der Waals surface area (Å²) in [6.07, 6.45) is 0. The van der Waals surface area contributed by atoms with Gasteiger partial charge in [0.1, 0.15) is 0 Å². The number of nitrogens with zero attached hydrogens (tertiary/aromatic N) is 2. The van der Waals surface area contributed by atoms with E-state index in [0.29, 0.717) is 13.3 Å². The molecule has 1 aliphatic heterocycles. The second kappa shape index (κ2) is 5.10. The summed E-state index contributed by atoms with van der Waals surface area (Å²) < 4.78 is 10.6. The summed E-state index contributed by atoms with van der Waals surface area (Å²) in [5.41, 5.74) is 3.11. The van der Waals surface area contributed by atoms with Gasteiger partial charge >= 0.3 is 0 Å². The maximum Gasteiger partial charge on any atom is 0.231 e. The van der Waals surface area contributed by atoms with E-state index >= 15 is 0 Å². The first-order valence-electron chi connectivity index (χ1n) is 6.14. The van der Waals surface area contributed by atoms with Crippen LogP contribution in [-0.4, -0.2) is 6.79 Å². The van der Waals surface area contributed by atoms with Crippen molar-refractivity contribution in [2.75, 3.05) is 6.79 Å². The van der Waals surface area contributed by atoms with E-state index in [0.717, 1.165) is 22.7 Å². The number of hydrogen-bond acceptors (Lipinski definition) is 4. The molecule has 4 nitrogen and oxygen atoms in total. The molecule has 0 saturated heterocycles. The van der Waals surface area contributed by atoms with Gasteiger partial charge in [-0.3, -0.25) is 0 Å². The van der Waals surface area contributed by atoms with E-state index in [2.05, 4.69) is 10.2 Å². The second-order valence-corrected chi connectivity index (χ2v) is 4.43. The van der Waals surface area contributed by atoms with Crippen LogP contribution in [0, 0.1) is 6.92 Å². The van der Waals surface area contributed by atoms with Crippen molar-refractivity contribution in [3.63, 3.8) is 0 Å². The molecule has 0 aromatic heterocycles. The molecule has 0 atom stereocenters. The maximum absolute atomic E-state index is 5.32. The Morgan fingerprint density at radius 2 is 1.95 bits per heavy atom. The summed E-state index contributed by atoms with van der Waals surface area (Å²) in [5.74, 6) is 1.57. The average Bonchev–Trinajstić information content (AvgIpc) is 2.86. The fourth-order valence-electron chi connectivity index (χ4n) is 1.93. The molecule has 2 aromatic carbocycles. The monoisotopic (exact) mass is 254 g/mol. The lowest BCUT2D eigenvalue weighted by molar-refractivity contribution is 0.174. The average molecular weight is 254 g/mol. The van der Waals surface area contributed by atoms with Gasteiger partial charge in [0.15, 0.2) is 11.5 Å². The second-order valence-electron chi connectivity index (χ2n) is 4.43. The highest BCUT2D eigenvalue weighted by molar-refractivity contribution is 5.44. The Morgan fingerprint density at radius 1 is 1.05 bits per heavy atom. The van der Waals surface area contributed by atoms with Crippen molar-refractivity contribution in [2.24, 2.45) is 10.2 Å². The fourth-order valence-corrected chi connectivity index (χ4v) is 1.93. The minimum Gasteiger partial charge on any atom is -0.454 e. The number of hydrogen-bond donors (Lipinski definition) is 0. The minimum atomic E-state index is 0.295. The van der Waals surface area contributed by atoms with Crippen LogP contribution in [0.2, 0.25) is 0 Å². The first-order chi connectivity index (χ1) is 9.31. The highest BCUT2D eigenvalue weighted by Gasteiger charge is 2.12. The van der Waals surface area contributed by atoms with Crippen LogP contribution in [0.5, 0.6) is 11.5 Å². The van der Waals surface area contributed by atoms with Gasteiger partial charge in [-0.2, -0.15) is 10.2 Å². The molecule has 0 spiro atoms. The maximum atomic E-state index is 5.32. The number of benzene rings is 2. The number of azo groups is 1. The van der Waals surface area contributed by atoms with Crippen LogP contribution in [0.15, 0.2) is 52.7 Å². The smallest absolute Gasteiger partial charge is 0.231 e. The van der Waals surface area contributed by atoms with Crippen molar-refractivity contribution in [3.05, 3.63) is 53.6 Å². The third kappa shape index (κ3) is 2.73. The largest absolute Gasteiger partial charge is 0.454 e. The molecular formula is C15H14N2O2. The number of fused-ring (bicyclic) bond motifs is 1. The first kappa shape index (κ1) is 11.7. The van der Waals surface area contributed by atoms with E-state index in [9.17, 15) is 0 Å². The Labute approximate surface area is 111 Å². The van der Waals surface area contributed by atoms with Gasteiger partial charge in [0.2, 0.25) is 6.79 Å². The summed E-state index contributed by atoms with van der Waals surface area (Å²) in [5, 5.41) is 8.42. The zero-order valence-corrected chi connectivity index (χ0v) is 10.7. The molecule has 0 unspecified atom stereocenters. The molecular weight excluding hydrogens is 240 g/mol. The van der Waals surface area contributed by atoms with Crippen LogP contribution < -0.4 is 9.47 Å². The lowest BCUT2D eigenvalue weighted by atomic mass is 10.2. The SMILES string of the molecule is Cc1cccc(N=NCc2ccc3c(c2)OCO3)c1. The van der Waals surface area contributed by atoms with E-state index in [-0.39, 0.29) is 0 Å². The van der Waals surface area contributed by atoms with Gasteiger partial charge in [-0.15, -0.1) is 0 Å². The van der Waals surface area contributed by atoms with Crippen LogP contribution in [0.4, 0.5) is 5.69 Å². The number of aryl methyl sites for hydroxylation is 1. The number of rotatable bonds is 3. The van der Waals surface area contributed by atoms with E-state index in [1.807, 2.05) is 49.4 Å². The molecule has 4 heteroatoms. The summed E-state index contributed by atoms with van der Waals surface area (Å²) in [6, 6.07) is 13.8. The third-order valence-electron chi connectivity index (χ3n) is 2.88. The van der Waals surface area contributed by atoms with E-state index < -0.39 is 0 Å². The minimum absolute atomic E-state index is 0.295. The molecule has 1 heterocycles. The van der Waals surface area contributed by atoms with Gasteiger partial charge in [0, 0.05) is 0 Å². The van der Waals surface area contributed by atoms with Crippen molar-refractivity contribution in [3.8, 4) is 11.5 Å². The Bertz CT molecular complexity index is 623. The summed E-state index contributed by atoms with van der Waals surface area (Å²) in [7, 11) is 0. The van der Waals surface area contributed by atoms with Crippen molar-refractivity contribution < 1.29 is 9.47 Å². The predicted octanol–water partition coefficient (Wildman–Crippen LogP) is 4.01. The Balaban J connectivity index is 1.69. The number of ether oxygens (including phenoxy) is 2. The van der Waals surface area contributed by atoms with Crippen LogP contribution in [-0.2, 0) is 6.54 Å². The van der Waals surface area contributed by atoms with Crippen molar-refractivity contribution in [1.82, 2.24) is 0 Å². The molecule has 3 rings (SSSR count). The Kier molecular flexibility index (Phi) is 3.14. The normalized spacial score (nSPS) is 13.1. The highest BCUT2D eigenvalue weighted by atomic mass is 16.7. The topological polar surface area (TPSA) is 43.2 Å². The molecule has 0 amide bonds. The Hall–Kier alpha value is -2.36. The van der Waals surface area contributed by atoms with Crippen molar-refractivity contribution >= 4 is 5.69 Å². The molecule has 0 fully saturated rings. The molecule has 0 N–H and O–H groups in total. The van der Waals surface area contributed by atoms with Gasteiger partial charge in [-0.05, 0) is 42.3 Å². The lowest BCUT2D eigenvalue weighted by Gasteiger charge is -1.99. The predicted molar refractivity (Wildman–Crippen MR) is 72.0 cm³/mol. The van der Waals surface area contributed by atoms with Gasteiger partial charge in [0.05, 0.1) is 12.2 Å². The van der Waals surface area contributed by atoms with Crippen LogP contribution in [0.3, 0.4) is 0 Å². The van der Waals surface area contributed by atoms with Gasteiger partial charge in [-0.25, -0.2) is 0 Å². The third-order valence-corrected chi connectivity index (χ3v) is 2.88. The highest BCUT2D eigenvalue weighted by Crippen LogP contribution is 2.32. The Morgan fingerprint density at radius 3 is 2.84 bits per heavy atom.